The summed E-state index contributed by atoms with van der Waals surface area (Å²) >= 11 is 0. The SMILES string of the molecule is CC1CCCN(C(=O)c2cc(-c3ccc4c(c3)OCCO4)nc3c2cnn3C(C)C)C1. The molecular weight excluding hydrogens is 392 g/mol. The van der Waals surface area contributed by atoms with Crippen LogP contribution in [0.2, 0.25) is 0 Å². The molecule has 7 heteroatoms. The fourth-order valence-corrected chi connectivity index (χ4v) is 4.47. The van der Waals surface area contributed by atoms with Gasteiger partial charge in [0.15, 0.2) is 17.1 Å². The average molecular weight is 421 g/mol. The number of nitrogens with zero attached hydrogens (tertiary/aromatic N) is 4. The van der Waals surface area contributed by atoms with E-state index in [0.29, 0.717) is 30.4 Å². The van der Waals surface area contributed by atoms with Crippen LogP contribution < -0.4 is 9.47 Å². The topological polar surface area (TPSA) is 69.5 Å². The number of piperidine rings is 1. The largest absolute Gasteiger partial charge is 0.486 e. The van der Waals surface area contributed by atoms with Crippen LogP contribution in [0.25, 0.3) is 22.3 Å². The summed E-state index contributed by atoms with van der Waals surface area (Å²) in [4.78, 5) is 20.5. The normalized spacial score (nSPS) is 18.6. The molecule has 0 saturated carbocycles. The van der Waals surface area contributed by atoms with Crippen molar-refractivity contribution in [2.24, 2.45) is 5.92 Å². The van der Waals surface area contributed by atoms with Crippen LogP contribution in [-0.4, -0.2) is 51.9 Å². The Morgan fingerprint density at radius 3 is 2.74 bits per heavy atom. The van der Waals surface area contributed by atoms with Gasteiger partial charge in [-0.1, -0.05) is 6.92 Å². The molecule has 31 heavy (non-hydrogen) atoms. The molecule has 5 rings (SSSR count). The maximum Gasteiger partial charge on any atom is 0.254 e. The summed E-state index contributed by atoms with van der Waals surface area (Å²) in [5, 5.41) is 5.35. The minimum Gasteiger partial charge on any atom is -0.486 e. The van der Waals surface area contributed by atoms with E-state index in [1.807, 2.05) is 33.8 Å². The third-order valence-corrected chi connectivity index (χ3v) is 6.07. The molecule has 2 aliphatic rings. The van der Waals surface area contributed by atoms with Crippen LogP contribution in [0.15, 0.2) is 30.5 Å². The number of hydrogen-bond donors (Lipinski definition) is 0. The molecule has 7 nitrogen and oxygen atoms in total. The van der Waals surface area contributed by atoms with Crippen molar-refractivity contribution in [1.29, 1.82) is 0 Å². The fourth-order valence-electron chi connectivity index (χ4n) is 4.47. The number of fused-ring (bicyclic) bond motifs is 2. The first-order valence-corrected chi connectivity index (χ1v) is 11.1. The van der Waals surface area contributed by atoms with Crippen molar-refractivity contribution in [1.82, 2.24) is 19.7 Å². The molecule has 1 unspecified atom stereocenters. The molecule has 1 atom stereocenters. The molecule has 0 spiro atoms. The first kappa shape index (κ1) is 19.8. The second-order valence-electron chi connectivity index (χ2n) is 8.83. The van der Waals surface area contributed by atoms with E-state index in [4.69, 9.17) is 14.5 Å². The van der Waals surface area contributed by atoms with Gasteiger partial charge >= 0.3 is 0 Å². The molecule has 0 N–H and O–H groups in total. The highest BCUT2D eigenvalue weighted by Gasteiger charge is 2.26. The van der Waals surface area contributed by atoms with Crippen molar-refractivity contribution in [3.05, 3.63) is 36.0 Å². The number of pyridine rings is 1. The molecule has 4 heterocycles. The van der Waals surface area contributed by atoms with Crippen molar-refractivity contribution in [3.8, 4) is 22.8 Å². The van der Waals surface area contributed by atoms with Gasteiger partial charge < -0.3 is 14.4 Å². The van der Waals surface area contributed by atoms with E-state index in [1.54, 1.807) is 6.20 Å². The highest BCUT2D eigenvalue weighted by atomic mass is 16.6. The zero-order chi connectivity index (χ0) is 21.5. The number of carbonyl (C=O) groups is 1. The quantitative estimate of drug-likeness (QED) is 0.631. The van der Waals surface area contributed by atoms with Crippen molar-refractivity contribution < 1.29 is 14.3 Å². The highest BCUT2D eigenvalue weighted by Crippen LogP contribution is 2.35. The summed E-state index contributed by atoms with van der Waals surface area (Å²) in [7, 11) is 0. The summed E-state index contributed by atoms with van der Waals surface area (Å²) in [5.74, 6) is 2.02. The molecule has 0 radical (unpaired) electrons. The van der Waals surface area contributed by atoms with Gasteiger partial charge in [-0.15, -0.1) is 0 Å². The Bertz CT molecular complexity index is 1140. The fraction of sp³-hybridized carbons (Fsp3) is 0.458. The smallest absolute Gasteiger partial charge is 0.254 e. The number of likely N-dealkylation sites (tertiary alicyclic amines) is 1. The molecule has 162 valence electrons. The van der Waals surface area contributed by atoms with Crippen molar-refractivity contribution in [3.63, 3.8) is 0 Å². The van der Waals surface area contributed by atoms with Crippen LogP contribution in [0, 0.1) is 5.92 Å². The van der Waals surface area contributed by atoms with Crippen LogP contribution in [0.4, 0.5) is 0 Å². The van der Waals surface area contributed by atoms with E-state index in [-0.39, 0.29) is 11.9 Å². The van der Waals surface area contributed by atoms with E-state index in [2.05, 4.69) is 25.9 Å². The summed E-state index contributed by atoms with van der Waals surface area (Å²) < 4.78 is 13.3. The van der Waals surface area contributed by atoms with E-state index < -0.39 is 0 Å². The van der Waals surface area contributed by atoms with Crippen molar-refractivity contribution >= 4 is 16.9 Å². The van der Waals surface area contributed by atoms with E-state index >= 15 is 0 Å². The van der Waals surface area contributed by atoms with Crippen LogP contribution in [0.5, 0.6) is 11.5 Å². The molecule has 1 saturated heterocycles. The maximum atomic E-state index is 13.6. The third kappa shape index (κ3) is 3.62. The lowest BCUT2D eigenvalue weighted by Gasteiger charge is -2.31. The monoisotopic (exact) mass is 420 g/mol. The predicted molar refractivity (Wildman–Crippen MR) is 119 cm³/mol. The van der Waals surface area contributed by atoms with Crippen LogP contribution in [-0.2, 0) is 0 Å². The summed E-state index contributed by atoms with van der Waals surface area (Å²) in [6.07, 6.45) is 3.99. The Labute approximate surface area is 182 Å². The van der Waals surface area contributed by atoms with Crippen LogP contribution >= 0.6 is 0 Å². The number of rotatable bonds is 3. The lowest BCUT2D eigenvalue weighted by atomic mass is 9.98. The Balaban J connectivity index is 1.64. The number of carbonyl (C=O) groups excluding carboxylic acids is 1. The Morgan fingerprint density at radius 1 is 1.16 bits per heavy atom. The van der Waals surface area contributed by atoms with Gasteiger partial charge in [-0.05, 0) is 56.9 Å². The summed E-state index contributed by atoms with van der Waals surface area (Å²) in [5.41, 5.74) is 3.02. The van der Waals surface area contributed by atoms with Crippen molar-refractivity contribution in [2.45, 2.75) is 39.7 Å². The predicted octanol–water partition coefficient (Wildman–Crippen LogP) is 4.32. The number of ether oxygens (including phenoxy) is 2. The lowest BCUT2D eigenvalue weighted by Crippen LogP contribution is -2.39. The zero-order valence-corrected chi connectivity index (χ0v) is 18.3. The van der Waals surface area contributed by atoms with E-state index in [1.165, 1.54) is 6.42 Å². The molecule has 3 aromatic rings. The average Bonchev–Trinajstić information content (AvgIpc) is 3.22. The van der Waals surface area contributed by atoms with Crippen LogP contribution in [0.1, 0.15) is 50.0 Å². The minimum atomic E-state index is 0.0565. The van der Waals surface area contributed by atoms with Gasteiger partial charge in [0.1, 0.15) is 13.2 Å². The van der Waals surface area contributed by atoms with E-state index in [0.717, 1.165) is 47.6 Å². The van der Waals surface area contributed by atoms with Gasteiger partial charge in [-0.25, -0.2) is 9.67 Å². The molecule has 2 aromatic heterocycles. The van der Waals surface area contributed by atoms with Crippen LogP contribution in [0.3, 0.4) is 0 Å². The third-order valence-electron chi connectivity index (χ3n) is 6.07. The number of hydrogen-bond acceptors (Lipinski definition) is 5. The Hall–Kier alpha value is -3.09. The first-order valence-electron chi connectivity index (χ1n) is 11.1. The maximum absolute atomic E-state index is 13.6. The van der Waals surface area contributed by atoms with Gasteiger partial charge in [-0.3, -0.25) is 4.79 Å². The van der Waals surface area contributed by atoms with Gasteiger partial charge in [0.25, 0.3) is 5.91 Å². The second-order valence-corrected chi connectivity index (χ2v) is 8.83. The summed E-state index contributed by atoms with van der Waals surface area (Å²) in [6, 6.07) is 7.86. The van der Waals surface area contributed by atoms with Crippen molar-refractivity contribution in [2.75, 3.05) is 26.3 Å². The molecule has 0 aliphatic carbocycles. The van der Waals surface area contributed by atoms with Gasteiger partial charge in [0.2, 0.25) is 0 Å². The molecule has 0 bridgehead atoms. The molecular formula is C24H28N4O3. The molecule has 1 aromatic carbocycles. The Morgan fingerprint density at radius 2 is 1.97 bits per heavy atom. The summed E-state index contributed by atoms with van der Waals surface area (Å²) in [6.45, 7) is 9.01. The molecule has 1 amide bonds. The van der Waals surface area contributed by atoms with E-state index in [9.17, 15) is 4.79 Å². The molecule has 2 aliphatic heterocycles. The number of benzene rings is 1. The highest BCUT2D eigenvalue weighted by molar-refractivity contribution is 6.06. The second kappa shape index (κ2) is 7.87. The number of aromatic nitrogens is 3. The number of amides is 1. The first-order chi connectivity index (χ1) is 15.0. The van der Waals surface area contributed by atoms with Gasteiger partial charge in [0.05, 0.1) is 22.8 Å². The zero-order valence-electron chi connectivity index (χ0n) is 18.3. The van der Waals surface area contributed by atoms with Gasteiger partial charge in [-0.2, -0.15) is 5.10 Å². The van der Waals surface area contributed by atoms with Gasteiger partial charge in [0, 0.05) is 24.7 Å². The minimum absolute atomic E-state index is 0.0565. The standard InChI is InChI=1S/C24H28N4O3/c1-15(2)28-23-19(13-25-28)18(24(29)27-8-4-5-16(3)14-27)12-20(26-23)17-6-7-21-22(11-17)31-10-9-30-21/h6-7,11-13,15-16H,4-5,8-10,14H2,1-3H3. The lowest BCUT2D eigenvalue weighted by molar-refractivity contribution is 0.0685. The Kier molecular flexibility index (Phi) is 5.04. The molecule has 1 fully saturated rings.